The Morgan fingerprint density at radius 1 is 1.44 bits per heavy atom. The summed E-state index contributed by atoms with van der Waals surface area (Å²) in [6.45, 7) is 4.42. The van der Waals surface area contributed by atoms with E-state index in [1.54, 1.807) is 0 Å². The molecule has 0 unspecified atom stereocenters. The average Bonchev–Trinajstić information content (AvgIpc) is 2.82. The maximum Gasteiger partial charge on any atom is 0.246 e. The van der Waals surface area contributed by atoms with Gasteiger partial charge in [0.05, 0.1) is 0 Å². The quantitative estimate of drug-likeness (QED) is 0.895. The fraction of sp³-hybridized carbons (Fsp3) is 0.308. The highest BCUT2D eigenvalue weighted by molar-refractivity contribution is 5.90. The van der Waals surface area contributed by atoms with Gasteiger partial charge in [-0.25, -0.2) is 9.67 Å². The van der Waals surface area contributed by atoms with Gasteiger partial charge in [-0.1, -0.05) is 26.0 Å². The lowest BCUT2D eigenvalue weighted by Gasteiger charge is -2.09. The van der Waals surface area contributed by atoms with Crippen molar-refractivity contribution in [2.75, 3.05) is 5.32 Å². The summed E-state index contributed by atoms with van der Waals surface area (Å²) in [5, 5.41) is 6.74. The summed E-state index contributed by atoms with van der Waals surface area (Å²) in [4.78, 5) is 15.6. The second kappa shape index (κ2) is 5.44. The van der Waals surface area contributed by atoms with E-state index in [0.717, 1.165) is 5.69 Å². The van der Waals surface area contributed by atoms with E-state index in [1.165, 1.54) is 22.9 Å². The van der Waals surface area contributed by atoms with Crippen LogP contribution in [-0.4, -0.2) is 20.7 Å². The number of aromatic nitrogens is 3. The van der Waals surface area contributed by atoms with Crippen LogP contribution in [0.4, 0.5) is 5.69 Å². The summed E-state index contributed by atoms with van der Waals surface area (Å²) >= 11 is 0. The highest BCUT2D eigenvalue weighted by atomic mass is 16.2. The van der Waals surface area contributed by atoms with Crippen LogP contribution in [0.25, 0.3) is 0 Å². The van der Waals surface area contributed by atoms with Gasteiger partial charge in [-0.2, -0.15) is 5.10 Å². The zero-order valence-electron chi connectivity index (χ0n) is 10.5. The van der Waals surface area contributed by atoms with E-state index < -0.39 is 0 Å². The molecule has 1 aromatic carbocycles. The Balaban J connectivity index is 2.00. The number of amides is 1. The van der Waals surface area contributed by atoms with Gasteiger partial charge in [0.2, 0.25) is 5.91 Å². The third-order valence-electron chi connectivity index (χ3n) is 2.61. The van der Waals surface area contributed by atoms with Crippen molar-refractivity contribution in [2.24, 2.45) is 0 Å². The Kier molecular flexibility index (Phi) is 3.72. The van der Waals surface area contributed by atoms with Crippen LogP contribution in [0.2, 0.25) is 0 Å². The number of hydrogen-bond donors (Lipinski definition) is 1. The summed E-state index contributed by atoms with van der Waals surface area (Å²) in [6, 6.07) is 7.87. The first kappa shape index (κ1) is 12.3. The molecule has 2 rings (SSSR count). The van der Waals surface area contributed by atoms with Gasteiger partial charge in [0.25, 0.3) is 0 Å². The topological polar surface area (TPSA) is 59.8 Å². The molecule has 1 N–H and O–H groups in total. The molecule has 5 heteroatoms. The molecule has 0 atom stereocenters. The predicted octanol–water partition coefficient (Wildman–Crippen LogP) is 2.04. The van der Waals surface area contributed by atoms with E-state index in [-0.39, 0.29) is 12.5 Å². The first-order valence-electron chi connectivity index (χ1n) is 5.87. The summed E-state index contributed by atoms with van der Waals surface area (Å²) in [5.74, 6) is 0.332. The number of nitrogens with zero attached hydrogens (tertiary/aromatic N) is 3. The fourth-order valence-electron chi connectivity index (χ4n) is 1.64. The zero-order valence-corrected chi connectivity index (χ0v) is 10.5. The van der Waals surface area contributed by atoms with Gasteiger partial charge < -0.3 is 5.32 Å². The number of anilines is 1. The normalized spacial score (nSPS) is 10.6. The maximum absolute atomic E-state index is 11.8. The number of hydrogen-bond acceptors (Lipinski definition) is 3. The molecular weight excluding hydrogens is 228 g/mol. The van der Waals surface area contributed by atoms with Crippen LogP contribution < -0.4 is 5.32 Å². The van der Waals surface area contributed by atoms with Crippen LogP contribution in [-0.2, 0) is 11.3 Å². The third-order valence-corrected chi connectivity index (χ3v) is 2.61. The Bertz CT molecular complexity index is 520. The molecule has 0 aliphatic carbocycles. The van der Waals surface area contributed by atoms with Crippen LogP contribution in [0.1, 0.15) is 25.3 Å². The van der Waals surface area contributed by atoms with Crippen LogP contribution in [0.15, 0.2) is 36.9 Å². The van der Waals surface area contributed by atoms with Crippen molar-refractivity contribution in [3.63, 3.8) is 0 Å². The molecule has 5 nitrogen and oxygen atoms in total. The Labute approximate surface area is 106 Å². The molecule has 0 radical (unpaired) electrons. The standard InChI is InChI=1S/C13H16N4O/c1-10(2)11-4-3-5-12(6-11)16-13(18)7-17-9-14-8-15-17/h3-6,8-10H,7H2,1-2H3,(H,16,18). The van der Waals surface area contributed by atoms with Gasteiger partial charge >= 0.3 is 0 Å². The lowest BCUT2D eigenvalue weighted by atomic mass is 10.0. The molecule has 0 fully saturated rings. The molecule has 1 aromatic heterocycles. The summed E-state index contributed by atoms with van der Waals surface area (Å²) in [5.41, 5.74) is 2.01. The van der Waals surface area contributed by atoms with Crippen LogP contribution in [0.3, 0.4) is 0 Å². The van der Waals surface area contributed by atoms with Crippen molar-refractivity contribution in [2.45, 2.75) is 26.3 Å². The van der Waals surface area contributed by atoms with E-state index in [0.29, 0.717) is 5.92 Å². The van der Waals surface area contributed by atoms with Gasteiger partial charge in [0, 0.05) is 5.69 Å². The van der Waals surface area contributed by atoms with Crippen LogP contribution >= 0.6 is 0 Å². The highest BCUT2D eigenvalue weighted by Gasteiger charge is 2.05. The van der Waals surface area contributed by atoms with Gasteiger partial charge in [-0.3, -0.25) is 4.79 Å². The van der Waals surface area contributed by atoms with Gasteiger partial charge in [0.1, 0.15) is 19.2 Å². The van der Waals surface area contributed by atoms with Crippen LogP contribution in [0.5, 0.6) is 0 Å². The maximum atomic E-state index is 11.8. The van der Waals surface area contributed by atoms with E-state index in [4.69, 9.17) is 0 Å². The lowest BCUT2D eigenvalue weighted by molar-refractivity contribution is -0.116. The number of carbonyl (C=O) groups excluding carboxylic acids is 1. The average molecular weight is 244 g/mol. The Hall–Kier alpha value is -2.17. The van der Waals surface area contributed by atoms with Crippen molar-refractivity contribution < 1.29 is 4.79 Å². The molecule has 0 aliphatic rings. The number of benzene rings is 1. The van der Waals surface area contributed by atoms with E-state index in [1.807, 2.05) is 18.2 Å². The Morgan fingerprint density at radius 3 is 2.94 bits per heavy atom. The SMILES string of the molecule is CC(C)c1cccc(NC(=O)Cn2cncn2)c1. The van der Waals surface area contributed by atoms with Crippen LogP contribution in [0, 0.1) is 0 Å². The minimum absolute atomic E-state index is 0.110. The molecule has 0 spiro atoms. The highest BCUT2D eigenvalue weighted by Crippen LogP contribution is 2.18. The molecule has 2 aromatic rings. The largest absolute Gasteiger partial charge is 0.324 e. The molecule has 0 aliphatic heterocycles. The number of carbonyl (C=O) groups is 1. The molecule has 1 heterocycles. The number of rotatable bonds is 4. The van der Waals surface area contributed by atoms with Crippen molar-refractivity contribution in [1.82, 2.24) is 14.8 Å². The summed E-state index contributed by atoms with van der Waals surface area (Å²) in [6.07, 6.45) is 2.93. The van der Waals surface area contributed by atoms with E-state index in [2.05, 4.69) is 35.3 Å². The third kappa shape index (κ3) is 3.16. The second-order valence-electron chi connectivity index (χ2n) is 4.42. The monoisotopic (exact) mass is 244 g/mol. The fourth-order valence-corrected chi connectivity index (χ4v) is 1.64. The molecule has 1 amide bonds. The second-order valence-corrected chi connectivity index (χ2v) is 4.42. The molecule has 18 heavy (non-hydrogen) atoms. The Morgan fingerprint density at radius 2 is 2.28 bits per heavy atom. The molecule has 0 saturated heterocycles. The molecule has 94 valence electrons. The summed E-state index contributed by atoms with van der Waals surface area (Å²) < 4.78 is 1.49. The lowest BCUT2D eigenvalue weighted by Crippen LogP contribution is -2.19. The smallest absolute Gasteiger partial charge is 0.246 e. The first-order chi connectivity index (χ1) is 8.65. The van der Waals surface area contributed by atoms with Crippen molar-refractivity contribution in [1.29, 1.82) is 0 Å². The van der Waals surface area contributed by atoms with Gasteiger partial charge in [-0.05, 0) is 23.6 Å². The predicted molar refractivity (Wildman–Crippen MR) is 69.2 cm³/mol. The first-order valence-corrected chi connectivity index (χ1v) is 5.87. The van der Waals surface area contributed by atoms with Crippen molar-refractivity contribution >= 4 is 11.6 Å². The molecule has 0 bridgehead atoms. The molecular formula is C13H16N4O. The van der Waals surface area contributed by atoms with Crippen molar-refractivity contribution in [3.8, 4) is 0 Å². The van der Waals surface area contributed by atoms with Gasteiger partial charge in [0.15, 0.2) is 0 Å². The minimum atomic E-state index is -0.110. The number of nitrogens with one attached hydrogen (secondary N) is 1. The zero-order chi connectivity index (χ0) is 13.0. The minimum Gasteiger partial charge on any atom is -0.324 e. The van der Waals surface area contributed by atoms with Crippen molar-refractivity contribution in [3.05, 3.63) is 42.5 Å². The van der Waals surface area contributed by atoms with E-state index >= 15 is 0 Å². The van der Waals surface area contributed by atoms with Gasteiger partial charge in [-0.15, -0.1) is 0 Å². The summed E-state index contributed by atoms with van der Waals surface area (Å²) in [7, 11) is 0. The van der Waals surface area contributed by atoms with E-state index in [9.17, 15) is 4.79 Å². The molecule has 0 saturated carbocycles.